The summed E-state index contributed by atoms with van der Waals surface area (Å²) in [6, 6.07) is 3.50. The van der Waals surface area contributed by atoms with Crippen LogP contribution in [0.15, 0.2) is 35.2 Å². The summed E-state index contributed by atoms with van der Waals surface area (Å²) in [6.45, 7) is 0. The number of rotatable bonds is 2. The van der Waals surface area contributed by atoms with Crippen molar-refractivity contribution in [3.8, 4) is 11.8 Å². The fourth-order valence-electron chi connectivity index (χ4n) is 0.824. The van der Waals surface area contributed by atoms with Crippen LogP contribution in [0.25, 0.3) is 0 Å². The molecular weight excluding hydrogens is 170 g/mol. The first-order chi connectivity index (χ1) is 6.34. The average Bonchev–Trinajstić information content (AvgIpc) is 2.53. The van der Waals surface area contributed by atoms with Crippen molar-refractivity contribution in [1.29, 1.82) is 0 Å². The van der Waals surface area contributed by atoms with E-state index < -0.39 is 0 Å². The molecule has 0 radical (unpaired) electrons. The fourth-order valence-corrected chi connectivity index (χ4v) is 0.824. The Morgan fingerprint density at radius 2 is 2.38 bits per heavy atom. The van der Waals surface area contributed by atoms with Crippen LogP contribution < -0.4 is 10.5 Å². The fraction of sp³-hybridized carbons (Fsp3) is 0. The predicted octanol–water partition coefficient (Wildman–Crippen LogP) is 1.44. The highest BCUT2D eigenvalue weighted by atomic mass is 16.6. The van der Waals surface area contributed by atoms with Gasteiger partial charge < -0.3 is 14.9 Å². The van der Waals surface area contributed by atoms with E-state index in [1.54, 1.807) is 24.5 Å². The summed E-state index contributed by atoms with van der Waals surface area (Å²) in [5.74, 6) is 0.850. The molecule has 0 saturated carbocycles. The number of nitrogens with zero attached hydrogens (tertiary/aromatic N) is 2. The molecule has 0 spiro atoms. The van der Waals surface area contributed by atoms with Gasteiger partial charge in [-0.05, 0) is 12.1 Å². The van der Waals surface area contributed by atoms with Crippen molar-refractivity contribution < 1.29 is 9.15 Å². The molecule has 0 amide bonds. The molecule has 2 rings (SSSR count). The Morgan fingerprint density at radius 3 is 3.00 bits per heavy atom. The molecule has 0 atom stereocenters. The summed E-state index contributed by atoms with van der Waals surface area (Å²) in [7, 11) is 0. The van der Waals surface area contributed by atoms with Gasteiger partial charge in [-0.25, -0.2) is 0 Å². The highest BCUT2D eigenvalue weighted by Gasteiger charge is 2.02. The Morgan fingerprint density at radius 1 is 1.46 bits per heavy atom. The Balaban J connectivity index is 2.15. The molecule has 0 aliphatic carbocycles. The Kier molecular flexibility index (Phi) is 1.84. The van der Waals surface area contributed by atoms with Crippen LogP contribution in [-0.2, 0) is 0 Å². The summed E-state index contributed by atoms with van der Waals surface area (Å²) in [6.07, 6.45) is 4.63. The first-order valence-corrected chi connectivity index (χ1v) is 3.63. The third-order valence-corrected chi connectivity index (χ3v) is 1.34. The van der Waals surface area contributed by atoms with E-state index in [9.17, 15) is 0 Å². The van der Waals surface area contributed by atoms with Gasteiger partial charge in [0.1, 0.15) is 6.26 Å². The van der Waals surface area contributed by atoms with Crippen LogP contribution in [0.4, 0.5) is 5.82 Å². The van der Waals surface area contributed by atoms with Crippen molar-refractivity contribution >= 4 is 5.82 Å². The molecule has 5 heteroatoms. The standard InChI is InChI=1S/C8H7N3O2/c9-7-5-12-8(11-7)13-6-2-1-3-10-4-6/h1-5H,9H2. The second-order valence-electron chi connectivity index (χ2n) is 2.33. The second-order valence-corrected chi connectivity index (χ2v) is 2.33. The van der Waals surface area contributed by atoms with Crippen LogP contribution >= 0.6 is 0 Å². The lowest BCUT2D eigenvalue weighted by atomic mass is 10.5. The minimum atomic E-state index is 0.116. The molecule has 0 bridgehead atoms. The molecule has 5 nitrogen and oxygen atoms in total. The van der Waals surface area contributed by atoms with Gasteiger partial charge in [0.25, 0.3) is 0 Å². The average molecular weight is 177 g/mol. The van der Waals surface area contributed by atoms with Gasteiger partial charge in [0, 0.05) is 6.20 Å². The molecule has 0 aliphatic rings. The van der Waals surface area contributed by atoms with Gasteiger partial charge in [0.15, 0.2) is 11.6 Å². The molecule has 13 heavy (non-hydrogen) atoms. The van der Waals surface area contributed by atoms with Gasteiger partial charge >= 0.3 is 6.08 Å². The molecule has 0 aromatic carbocycles. The van der Waals surface area contributed by atoms with Gasteiger partial charge in [0.05, 0.1) is 6.20 Å². The number of anilines is 1. The second kappa shape index (κ2) is 3.14. The van der Waals surface area contributed by atoms with Crippen LogP contribution in [-0.4, -0.2) is 9.97 Å². The number of hydrogen-bond acceptors (Lipinski definition) is 5. The van der Waals surface area contributed by atoms with E-state index >= 15 is 0 Å². The maximum atomic E-state index is 5.33. The number of aromatic nitrogens is 2. The molecule has 2 N–H and O–H groups in total. The van der Waals surface area contributed by atoms with Crippen molar-refractivity contribution in [3.05, 3.63) is 30.8 Å². The molecule has 2 aromatic heterocycles. The van der Waals surface area contributed by atoms with Crippen LogP contribution in [0.1, 0.15) is 0 Å². The lowest BCUT2D eigenvalue weighted by Gasteiger charge is -1.96. The molecular formula is C8H7N3O2. The van der Waals surface area contributed by atoms with Crippen LogP contribution in [0.3, 0.4) is 0 Å². The van der Waals surface area contributed by atoms with Crippen molar-refractivity contribution in [1.82, 2.24) is 9.97 Å². The van der Waals surface area contributed by atoms with Crippen molar-refractivity contribution in [2.24, 2.45) is 0 Å². The third-order valence-electron chi connectivity index (χ3n) is 1.34. The minimum absolute atomic E-state index is 0.116. The summed E-state index contributed by atoms with van der Waals surface area (Å²) in [5.41, 5.74) is 5.33. The summed E-state index contributed by atoms with van der Waals surface area (Å²) in [5, 5.41) is 0. The third kappa shape index (κ3) is 1.76. The molecule has 0 saturated heterocycles. The molecule has 66 valence electrons. The highest BCUT2D eigenvalue weighted by molar-refractivity contribution is 5.26. The van der Waals surface area contributed by atoms with Gasteiger partial charge in [-0.1, -0.05) is 0 Å². The number of oxazole rings is 1. The number of nitrogens with two attached hydrogens (primary N) is 1. The van der Waals surface area contributed by atoms with E-state index in [4.69, 9.17) is 14.9 Å². The van der Waals surface area contributed by atoms with Crippen molar-refractivity contribution in [2.45, 2.75) is 0 Å². The molecule has 2 aromatic rings. The van der Waals surface area contributed by atoms with E-state index in [1.807, 2.05) is 0 Å². The molecule has 0 unspecified atom stereocenters. The van der Waals surface area contributed by atoms with Crippen molar-refractivity contribution in [3.63, 3.8) is 0 Å². The maximum absolute atomic E-state index is 5.33. The molecule has 0 aliphatic heterocycles. The Hall–Kier alpha value is -2.04. The van der Waals surface area contributed by atoms with E-state index in [0.29, 0.717) is 11.6 Å². The van der Waals surface area contributed by atoms with Gasteiger partial charge in [-0.15, -0.1) is 0 Å². The number of ether oxygens (including phenoxy) is 1. The lowest BCUT2D eigenvalue weighted by Crippen LogP contribution is -1.86. The highest BCUT2D eigenvalue weighted by Crippen LogP contribution is 2.19. The number of pyridine rings is 1. The van der Waals surface area contributed by atoms with Gasteiger partial charge in [-0.3, -0.25) is 4.98 Å². The molecule has 0 fully saturated rings. The zero-order valence-electron chi connectivity index (χ0n) is 6.68. The largest absolute Gasteiger partial charge is 0.415 e. The first kappa shape index (κ1) is 7.60. The predicted molar refractivity (Wildman–Crippen MR) is 45.2 cm³/mol. The van der Waals surface area contributed by atoms with E-state index in [2.05, 4.69) is 9.97 Å². The van der Waals surface area contributed by atoms with Crippen LogP contribution in [0.5, 0.6) is 11.8 Å². The zero-order chi connectivity index (χ0) is 9.10. The summed E-state index contributed by atoms with van der Waals surface area (Å²) < 4.78 is 10.1. The first-order valence-electron chi connectivity index (χ1n) is 3.63. The number of hydrogen-bond donors (Lipinski definition) is 1. The monoisotopic (exact) mass is 177 g/mol. The maximum Gasteiger partial charge on any atom is 0.401 e. The zero-order valence-corrected chi connectivity index (χ0v) is 6.68. The number of nitrogen functional groups attached to an aromatic ring is 1. The quantitative estimate of drug-likeness (QED) is 0.751. The topological polar surface area (TPSA) is 74.2 Å². The van der Waals surface area contributed by atoms with Crippen molar-refractivity contribution in [2.75, 3.05) is 5.73 Å². The smallest absolute Gasteiger partial charge is 0.401 e. The minimum Gasteiger partial charge on any atom is -0.415 e. The lowest BCUT2D eigenvalue weighted by molar-refractivity contribution is 0.330. The van der Waals surface area contributed by atoms with Crippen LogP contribution in [0.2, 0.25) is 0 Å². The SMILES string of the molecule is Nc1coc(Oc2cccnc2)n1. The van der Waals surface area contributed by atoms with Gasteiger partial charge in [0.2, 0.25) is 0 Å². The van der Waals surface area contributed by atoms with E-state index in [-0.39, 0.29) is 6.08 Å². The normalized spacial score (nSPS) is 9.85. The van der Waals surface area contributed by atoms with Crippen LogP contribution in [0, 0.1) is 0 Å². The Bertz CT molecular complexity index is 385. The van der Waals surface area contributed by atoms with E-state index in [0.717, 1.165) is 0 Å². The van der Waals surface area contributed by atoms with E-state index in [1.165, 1.54) is 6.26 Å². The Labute approximate surface area is 74.2 Å². The summed E-state index contributed by atoms with van der Waals surface area (Å²) in [4.78, 5) is 7.63. The summed E-state index contributed by atoms with van der Waals surface area (Å²) >= 11 is 0. The molecule has 2 heterocycles. The van der Waals surface area contributed by atoms with Gasteiger partial charge in [-0.2, -0.15) is 4.98 Å².